The lowest BCUT2D eigenvalue weighted by Gasteiger charge is -2.26. The zero-order valence-electron chi connectivity index (χ0n) is 10.5. The second-order valence-corrected chi connectivity index (χ2v) is 4.87. The lowest BCUT2D eigenvalue weighted by molar-refractivity contribution is 0.266. The topological polar surface area (TPSA) is 62.4 Å². The number of benzene rings is 1. The van der Waals surface area contributed by atoms with Crippen molar-refractivity contribution in [1.29, 1.82) is 0 Å². The molecule has 1 unspecified atom stereocenters. The molecule has 3 N–H and O–H groups in total. The van der Waals surface area contributed by atoms with Gasteiger partial charge in [-0.25, -0.2) is 4.39 Å². The van der Waals surface area contributed by atoms with E-state index in [9.17, 15) is 9.50 Å². The number of aliphatic hydroxyl groups excluding tert-OH is 1. The Morgan fingerprint density at radius 3 is 3.16 bits per heavy atom. The highest BCUT2D eigenvalue weighted by atomic mass is 19.1. The van der Waals surface area contributed by atoms with Crippen molar-refractivity contribution in [2.75, 3.05) is 23.8 Å². The van der Waals surface area contributed by atoms with Crippen LogP contribution < -0.4 is 10.6 Å². The highest BCUT2D eigenvalue weighted by Gasteiger charge is 2.28. The molecule has 3 rings (SSSR count). The van der Waals surface area contributed by atoms with E-state index >= 15 is 0 Å². The summed E-state index contributed by atoms with van der Waals surface area (Å²) >= 11 is 0. The molecule has 1 fully saturated rings. The summed E-state index contributed by atoms with van der Waals surface area (Å²) in [4.78, 5) is 6.18. The molecule has 1 aromatic heterocycles. The molecule has 1 aromatic carbocycles. The Kier molecular flexibility index (Phi) is 2.98. The van der Waals surface area contributed by atoms with Crippen LogP contribution in [0.2, 0.25) is 0 Å². The van der Waals surface area contributed by atoms with Crippen LogP contribution in [0.1, 0.15) is 12.8 Å². The van der Waals surface area contributed by atoms with E-state index in [1.54, 1.807) is 12.3 Å². The number of nitrogen functional groups attached to an aromatic ring is 1. The molecule has 1 aliphatic rings. The molecule has 0 amide bonds. The van der Waals surface area contributed by atoms with Crippen LogP contribution in [0.25, 0.3) is 10.9 Å². The summed E-state index contributed by atoms with van der Waals surface area (Å²) in [7, 11) is 0. The van der Waals surface area contributed by atoms with Gasteiger partial charge < -0.3 is 15.7 Å². The number of anilines is 2. The summed E-state index contributed by atoms with van der Waals surface area (Å²) in [5, 5.41) is 10.2. The van der Waals surface area contributed by atoms with Gasteiger partial charge in [0.05, 0.1) is 18.2 Å². The summed E-state index contributed by atoms with van der Waals surface area (Å²) < 4.78 is 14.3. The minimum Gasteiger partial charge on any atom is -0.398 e. The third-order valence-electron chi connectivity index (χ3n) is 3.73. The Morgan fingerprint density at radius 2 is 2.37 bits per heavy atom. The fourth-order valence-corrected chi connectivity index (χ4v) is 2.82. The fourth-order valence-electron chi connectivity index (χ4n) is 2.82. The number of nitrogens with two attached hydrogens (primary N) is 1. The van der Waals surface area contributed by atoms with Gasteiger partial charge in [0.2, 0.25) is 0 Å². The molecule has 0 bridgehead atoms. The van der Waals surface area contributed by atoms with Gasteiger partial charge in [0.25, 0.3) is 0 Å². The molecule has 0 aliphatic carbocycles. The second-order valence-electron chi connectivity index (χ2n) is 4.87. The van der Waals surface area contributed by atoms with Crippen molar-refractivity contribution in [1.82, 2.24) is 4.98 Å². The van der Waals surface area contributed by atoms with Crippen molar-refractivity contribution in [2.45, 2.75) is 18.9 Å². The molecule has 5 heteroatoms. The van der Waals surface area contributed by atoms with E-state index in [1.807, 2.05) is 11.0 Å². The van der Waals surface area contributed by atoms with E-state index in [2.05, 4.69) is 4.98 Å². The Bertz CT molecular complexity index is 617. The van der Waals surface area contributed by atoms with Gasteiger partial charge in [-0.2, -0.15) is 0 Å². The number of aliphatic hydroxyl groups is 1. The van der Waals surface area contributed by atoms with E-state index in [0.29, 0.717) is 16.9 Å². The van der Waals surface area contributed by atoms with Crippen LogP contribution in [-0.2, 0) is 0 Å². The van der Waals surface area contributed by atoms with Crippen LogP contribution in [0.3, 0.4) is 0 Å². The largest absolute Gasteiger partial charge is 0.398 e. The van der Waals surface area contributed by atoms with Gasteiger partial charge >= 0.3 is 0 Å². The summed E-state index contributed by atoms with van der Waals surface area (Å²) in [6.07, 6.45) is 3.45. The summed E-state index contributed by atoms with van der Waals surface area (Å²) in [6, 6.07) is 4.92. The Balaban J connectivity index is 2.22. The molecule has 0 saturated carbocycles. The maximum Gasteiger partial charge on any atom is 0.150 e. The van der Waals surface area contributed by atoms with Gasteiger partial charge in [0, 0.05) is 23.8 Å². The maximum atomic E-state index is 14.3. The first kappa shape index (κ1) is 12.2. The van der Waals surface area contributed by atoms with Crippen LogP contribution in [0, 0.1) is 5.82 Å². The van der Waals surface area contributed by atoms with Crippen LogP contribution >= 0.6 is 0 Å². The first-order valence-electron chi connectivity index (χ1n) is 6.42. The summed E-state index contributed by atoms with van der Waals surface area (Å²) in [5.74, 6) is -0.371. The Morgan fingerprint density at radius 1 is 1.53 bits per heavy atom. The number of hydrogen-bond donors (Lipinski definition) is 2. The van der Waals surface area contributed by atoms with Crippen molar-refractivity contribution in [3.8, 4) is 0 Å². The first-order valence-corrected chi connectivity index (χ1v) is 6.42. The predicted octanol–water partition coefficient (Wildman–Crippen LogP) is 1.92. The summed E-state index contributed by atoms with van der Waals surface area (Å²) in [5.41, 5.74) is 7.27. The molecule has 0 spiro atoms. The quantitative estimate of drug-likeness (QED) is 0.811. The van der Waals surface area contributed by atoms with Crippen LogP contribution in [0.4, 0.5) is 15.8 Å². The number of halogens is 1. The number of hydrogen-bond acceptors (Lipinski definition) is 4. The molecule has 0 radical (unpaired) electrons. The number of rotatable bonds is 2. The normalized spacial score (nSPS) is 19.3. The lowest BCUT2D eigenvalue weighted by atomic mass is 10.1. The van der Waals surface area contributed by atoms with E-state index in [-0.39, 0.29) is 18.5 Å². The number of fused-ring (bicyclic) bond motifs is 1. The molecule has 4 nitrogen and oxygen atoms in total. The monoisotopic (exact) mass is 261 g/mol. The van der Waals surface area contributed by atoms with Crippen molar-refractivity contribution in [3.63, 3.8) is 0 Å². The minimum absolute atomic E-state index is 0.0259. The minimum atomic E-state index is -0.371. The highest BCUT2D eigenvalue weighted by Crippen LogP contribution is 2.36. The van der Waals surface area contributed by atoms with E-state index in [1.165, 1.54) is 6.07 Å². The zero-order valence-corrected chi connectivity index (χ0v) is 10.5. The molecule has 1 atom stereocenters. The number of nitrogens with zero attached hydrogens (tertiary/aromatic N) is 2. The summed E-state index contributed by atoms with van der Waals surface area (Å²) in [6.45, 7) is 0.760. The van der Waals surface area contributed by atoms with Gasteiger partial charge in [0.1, 0.15) is 5.69 Å². The third-order valence-corrected chi connectivity index (χ3v) is 3.73. The van der Waals surface area contributed by atoms with Crippen molar-refractivity contribution in [2.24, 2.45) is 0 Å². The first-order chi connectivity index (χ1) is 9.22. The van der Waals surface area contributed by atoms with Crippen molar-refractivity contribution < 1.29 is 9.50 Å². The molecular formula is C14H16FN3O. The van der Waals surface area contributed by atoms with Crippen LogP contribution in [0.5, 0.6) is 0 Å². The molecule has 19 heavy (non-hydrogen) atoms. The van der Waals surface area contributed by atoms with Gasteiger partial charge in [-0.05, 0) is 31.0 Å². The van der Waals surface area contributed by atoms with Crippen molar-refractivity contribution >= 4 is 22.3 Å². The standard InChI is InChI=1S/C14H16FN3O/c15-11-7-12(16)10-4-1-5-17-13(10)14(11)18-6-2-3-9(18)8-19/h1,4-5,7,9,19H,2-3,6,8,16H2. The average Bonchev–Trinajstić information content (AvgIpc) is 2.87. The lowest BCUT2D eigenvalue weighted by Crippen LogP contribution is -2.33. The molecule has 2 heterocycles. The Hall–Kier alpha value is -1.88. The SMILES string of the molecule is Nc1cc(F)c(N2CCCC2CO)c2ncccc12. The van der Waals surface area contributed by atoms with E-state index in [4.69, 9.17) is 5.73 Å². The second kappa shape index (κ2) is 4.66. The molecular weight excluding hydrogens is 245 g/mol. The average molecular weight is 261 g/mol. The number of pyridine rings is 1. The molecule has 100 valence electrons. The molecule has 2 aromatic rings. The molecule has 1 saturated heterocycles. The molecule has 1 aliphatic heterocycles. The highest BCUT2D eigenvalue weighted by molar-refractivity contribution is 5.99. The zero-order chi connectivity index (χ0) is 13.4. The number of aromatic nitrogens is 1. The van der Waals surface area contributed by atoms with Gasteiger partial charge in [-0.15, -0.1) is 0 Å². The van der Waals surface area contributed by atoms with Gasteiger partial charge in [-0.1, -0.05) is 0 Å². The fraction of sp³-hybridized carbons (Fsp3) is 0.357. The van der Waals surface area contributed by atoms with Gasteiger partial charge in [-0.3, -0.25) is 4.98 Å². The van der Waals surface area contributed by atoms with Crippen LogP contribution in [-0.4, -0.2) is 29.3 Å². The van der Waals surface area contributed by atoms with Crippen molar-refractivity contribution in [3.05, 3.63) is 30.2 Å². The van der Waals surface area contributed by atoms with Gasteiger partial charge in [0.15, 0.2) is 5.82 Å². The third kappa shape index (κ3) is 1.90. The predicted molar refractivity (Wildman–Crippen MR) is 73.6 cm³/mol. The Labute approximate surface area is 110 Å². The smallest absolute Gasteiger partial charge is 0.150 e. The van der Waals surface area contributed by atoms with E-state index < -0.39 is 0 Å². The maximum absolute atomic E-state index is 14.3. The van der Waals surface area contributed by atoms with E-state index in [0.717, 1.165) is 24.8 Å². The van der Waals surface area contributed by atoms with Crippen LogP contribution in [0.15, 0.2) is 24.4 Å².